The van der Waals surface area contributed by atoms with E-state index in [-0.39, 0.29) is 24.4 Å². The van der Waals surface area contributed by atoms with Crippen molar-refractivity contribution in [3.8, 4) is 5.75 Å². The third-order valence-electron chi connectivity index (χ3n) is 5.85. The normalized spacial score (nSPS) is 13.1. The average Bonchev–Trinajstić information content (AvgIpc) is 3.23. The molecule has 0 unspecified atom stereocenters. The van der Waals surface area contributed by atoms with Crippen molar-refractivity contribution in [2.45, 2.75) is 78.2 Å². The van der Waals surface area contributed by atoms with Gasteiger partial charge in [-0.2, -0.15) is 0 Å². The number of carbonyl (C=O) groups is 2. The van der Waals surface area contributed by atoms with E-state index in [1.807, 2.05) is 6.07 Å². The highest BCUT2D eigenvalue weighted by atomic mass is 32.1. The number of fused-ring (bicyclic) bond motifs is 1. The summed E-state index contributed by atoms with van der Waals surface area (Å²) >= 11 is 1.58. The first-order valence-corrected chi connectivity index (χ1v) is 12.2. The van der Waals surface area contributed by atoms with E-state index in [0.29, 0.717) is 5.75 Å². The molecule has 0 atom stereocenters. The van der Waals surface area contributed by atoms with Crippen molar-refractivity contribution in [1.82, 2.24) is 5.32 Å². The van der Waals surface area contributed by atoms with Gasteiger partial charge in [-0.3, -0.25) is 9.59 Å². The molecule has 1 aromatic carbocycles. The molecule has 0 saturated carbocycles. The van der Waals surface area contributed by atoms with Gasteiger partial charge in [0.15, 0.2) is 17.3 Å². The van der Waals surface area contributed by atoms with Crippen LogP contribution in [0.4, 0.5) is 0 Å². The summed E-state index contributed by atoms with van der Waals surface area (Å²) in [6.07, 6.45) is 6.84. The maximum Gasteiger partial charge on any atom is 0.173 e. The van der Waals surface area contributed by atoms with Crippen LogP contribution in [-0.2, 0) is 25.8 Å². The van der Waals surface area contributed by atoms with Crippen LogP contribution in [-0.4, -0.2) is 23.4 Å². The number of unbranched alkanes of at least 4 members (excludes halogenated alkanes) is 2. The smallest absolute Gasteiger partial charge is 0.173 e. The Morgan fingerprint density at radius 2 is 1.68 bits per heavy atom. The van der Waals surface area contributed by atoms with Crippen LogP contribution in [0.2, 0.25) is 0 Å². The molecule has 1 aliphatic rings. The van der Waals surface area contributed by atoms with Crippen molar-refractivity contribution < 1.29 is 19.7 Å². The maximum absolute atomic E-state index is 13.3. The first-order valence-electron chi connectivity index (χ1n) is 11.4. The summed E-state index contributed by atoms with van der Waals surface area (Å²) in [6, 6.07) is 5.52. The summed E-state index contributed by atoms with van der Waals surface area (Å²) in [7, 11) is 0. The fourth-order valence-electron chi connectivity index (χ4n) is 4.14. The van der Waals surface area contributed by atoms with E-state index in [0.717, 1.165) is 79.6 Å². The number of Topliss-reactive ketones (excluding diaryl/α,β-unsaturated/α-hetero) is 2. The minimum atomic E-state index is 0.0121. The van der Waals surface area contributed by atoms with Crippen molar-refractivity contribution in [1.29, 1.82) is 0 Å². The minimum Gasteiger partial charge on any atom is -0.340 e. The van der Waals surface area contributed by atoms with Gasteiger partial charge in [-0.25, -0.2) is 5.26 Å². The molecule has 1 aliphatic heterocycles. The number of nitrogens with one attached hydrogen (secondary N) is 1. The SMILES string of the molecule is CCCCc1cc(OO)cc(CCCC)c1C(=O)CCC(=O)c1cc2c(s1)CCNC2. The minimum absolute atomic E-state index is 0.0121. The zero-order valence-corrected chi connectivity index (χ0v) is 19.4. The molecule has 2 aromatic rings. The van der Waals surface area contributed by atoms with E-state index in [1.165, 1.54) is 10.4 Å². The largest absolute Gasteiger partial charge is 0.340 e. The topological polar surface area (TPSA) is 75.6 Å². The lowest BCUT2D eigenvalue weighted by Gasteiger charge is -2.15. The van der Waals surface area contributed by atoms with E-state index in [4.69, 9.17) is 0 Å². The fourth-order valence-corrected chi connectivity index (χ4v) is 5.29. The number of aryl methyl sites for hydroxylation is 2. The predicted octanol–water partition coefficient (Wildman–Crippen LogP) is 5.78. The van der Waals surface area contributed by atoms with Gasteiger partial charge in [0.25, 0.3) is 0 Å². The summed E-state index contributed by atoms with van der Waals surface area (Å²) in [5.74, 6) is 0.439. The molecular formula is C25H33NO4S. The molecule has 0 amide bonds. The number of thiophene rings is 1. The Kier molecular flexibility index (Phi) is 8.81. The molecule has 0 saturated heterocycles. The highest BCUT2D eigenvalue weighted by Crippen LogP contribution is 2.29. The Hall–Kier alpha value is -2.02. The molecule has 5 nitrogen and oxygen atoms in total. The first-order chi connectivity index (χ1) is 15.1. The van der Waals surface area contributed by atoms with Gasteiger partial charge in [0.2, 0.25) is 0 Å². The molecule has 31 heavy (non-hydrogen) atoms. The molecule has 2 heterocycles. The highest BCUT2D eigenvalue weighted by Gasteiger charge is 2.21. The summed E-state index contributed by atoms with van der Waals surface area (Å²) < 4.78 is 0. The molecule has 1 aromatic heterocycles. The standard InChI is InChI=1S/C25H33NO4S/c1-3-5-7-17-13-20(30-29)14-18(8-6-4-2)25(17)22(28)10-9-21(27)24-15-19-16-26-12-11-23(19)31-24/h13-15,26,29H,3-12,16H2,1-2H3. The highest BCUT2D eigenvalue weighted by molar-refractivity contribution is 7.14. The van der Waals surface area contributed by atoms with Gasteiger partial charge in [-0.1, -0.05) is 26.7 Å². The fraction of sp³-hybridized carbons (Fsp3) is 0.520. The number of hydrogen-bond acceptors (Lipinski definition) is 6. The van der Waals surface area contributed by atoms with Crippen LogP contribution in [0, 0.1) is 0 Å². The predicted molar refractivity (Wildman–Crippen MR) is 125 cm³/mol. The third-order valence-corrected chi connectivity index (χ3v) is 7.13. The zero-order valence-electron chi connectivity index (χ0n) is 18.6. The molecule has 0 spiro atoms. The number of hydrogen-bond donors (Lipinski definition) is 2. The van der Waals surface area contributed by atoms with Gasteiger partial charge >= 0.3 is 0 Å². The number of carbonyl (C=O) groups excluding carboxylic acids is 2. The molecule has 168 valence electrons. The van der Waals surface area contributed by atoms with Gasteiger partial charge in [0.05, 0.1) is 4.88 Å². The quantitative estimate of drug-likeness (QED) is 0.247. The van der Waals surface area contributed by atoms with E-state index in [1.54, 1.807) is 23.5 Å². The monoisotopic (exact) mass is 443 g/mol. The van der Waals surface area contributed by atoms with Crippen molar-refractivity contribution in [2.75, 3.05) is 6.54 Å². The van der Waals surface area contributed by atoms with Crippen molar-refractivity contribution in [3.05, 3.63) is 50.2 Å². The van der Waals surface area contributed by atoms with Crippen LogP contribution in [0.3, 0.4) is 0 Å². The van der Waals surface area contributed by atoms with Crippen LogP contribution < -0.4 is 10.2 Å². The maximum atomic E-state index is 13.3. The second kappa shape index (κ2) is 11.6. The van der Waals surface area contributed by atoms with Gasteiger partial charge < -0.3 is 10.2 Å². The van der Waals surface area contributed by atoms with E-state index < -0.39 is 0 Å². The Morgan fingerprint density at radius 3 is 2.26 bits per heavy atom. The lowest BCUT2D eigenvalue weighted by molar-refractivity contribution is -0.137. The summed E-state index contributed by atoms with van der Waals surface area (Å²) in [6.45, 7) is 5.99. The molecule has 0 fully saturated rings. The van der Waals surface area contributed by atoms with E-state index in [9.17, 15) is 14.8 Å². The lowest BCUT2D eigenvalue weighted by Crippen LogP contribution is -2.21. The molecule has 3 rings (SSSR count). The first kappa shape index (κ1) is 23.6. The summed E-state index contributed by atoms with van der Waals surface area (Å²) in [5.41, 5.74) is 3.77. The Bertz CT molecular complexity index is 866. The van der Waals surface area contributed by atoms with E-state index in [2.05, 4.69) is 24.1 Å². The lowest BCUT2D eigenvalue weighted by atomic mass is 9.89. The summed E-state index contributed by atoms with van der Waals surface area (Å²) in [5, 5.41) is 12.5. The van der Waals surface area contributed by atoms with Gasteiger partial charge in [0.1, 0.15) is 0 Å². The second-order valence-electron chi connectivity index (χ2n) is 8.25. The number of benzene rings is 1. The van der Waals surface area contributed by atoms with Crippen LogP contribution in [0.25, 0.3) is 0 Å². The van der Waals surface area contributed by atoms with Crippen molar-refractivity contribution in [3.63, 3.8) is 0 Å². The van der Waals surface area contributed by atoms with Crippen LogP contribution in [0.5, 0.6) is 5.75 Å². The Morgan fingerprint density at radius 1 is 1.03 bits per heavy atom. The number of ketones is 2. The molecule has 2 N–H and O–H groups in total. The van der Waals surface area contributed by atoms with Crippen LogP contribution in [0.15, 0.2) is 18.2 Å². The zero-order chi connectivity index (χ0) is 22.2. The molecule has 0 aliphatic carbocycles. The Labute approximate surface area is 188 Å². The average molecular weight is 444 g/mol. The van der Waals surface area contributed by atoms with Gasteiger partial charge in [0, 0.05) is 36.4 Å². The van der Waals surface area contributed by atoms with Crippen molar-refractivity contribution in [2.24, 2.45) is 0 Å². The second-order valence-corrected chi connectivity index (χ2v) is 9.38. The molecule has 6 heteroatoms. The van der Waals surface area contributed by atoms with Crippen molar-refractivity contribution >= 4 is 22.9 Å². The van der Waals surface area contributed by atoms with Crippen LogP contribution in [0.1, 0.15) is 94.0 Å². The Balaban J connectivity index is 1.78. The van der Waals surface area contributed by atoms with Crippen LogP contribution >= 0.6 is 11.3 Å². The van der Waals surface area contributed by atoms with Gasteiger partial charge in [-0.15, -0.1) is 11.3 Å². The number of rotatable bonds is 12. The molecule has 0 radical (unpaired) electrons. The summed E-state index contributed by atoms with van der Waals surface area (Å²) in [4.78, 5) is 32.6. The molecular weight excluding hydrogens is 410 g/mol. The third kappa shape index (κ3) is 6.03. The van der Waals surface area contributed by atoms with Gasteiger partial charge in [-0.05, 0) is 67.0 Å². The van der Waals surface area contributed by atoms with E-state index >= 15 is 0 Å². The molecule has 0 bridgehead atoms.